The van der Waals surface area contributed by atoms with E-state index in [-0.39, 0.29) is 17.9 Å². The number of carbonyl (C=O) groups excluding carboxylic acids is 2. The predicted molar refractivity (Wildman–Crippen MR) is 186 cm³/mol. The summed E-state index contributed by atoms with van der Waals surface area (Å²) in [6.07, 6.45) is 0.172. The Balaban J connectivity index is 1.85. The monoisotopic (exact) mass is 679 g/mol. The van der Waals surface area contributed by atoms with Crippen LogP contribution in [-0.4, -0.2) is 43.3 Å². The van der Waals surface area contributed by atoms with E-state index in [0.29, 0.717) is 21.3 Å². The predicted octanol–water partition coefficient (Wildman–Crippen LogP) is 7.36. The van der Waals surface area contributed by atoms with Gasteiger partial charge in [-0.2, -0.15) is 0 Å². The van der Waals surface area contributed by atoms with Crippen LogP contribution in [0.5, 0.6) is 0 Å². The van der Waals surface area contributed by atoms with Crippen molar-refractivity contribution >= 4 is 50.7 Å². The summed E-state index contributed by atoms with van der Waals surface area (Å²) in [4.78, 5) is 30.0. The first-order valence-electron chi connectivity index (χ1n) is 14.9. The standard InChI is InChI=1S/C36H39Cl2N3O4S/c1-25-14-18-28(19-15-25)41(46(44,45)29-20-16-26(2)17-21-29)24-34(42)40(23-30-31(37)12-9-13-32(30)38)33(35(43)39-36(3,4)5)22-27-10-7-6-8-11-27/h6-21,33H,22-24H2,1-5H3,(H,39,43)/t33-/m1/s1. The van der Waals surface area contributed by atoms with E-state index in [9.17, 15) is 18.0 Å². The van der Waals surface area contributed by atoms with Gasteiger partial charge in [0.05, 0.1) is 10.6 Å². The minimum absolute atomic E-state index is 0.0403. The van der Waals surface area contributed by atoms with Gasteiger partial charge in [0.1, 0.15) is 12.6 Å². The van der Waals surface area contributed by atoms with Gasteiger partial charge in [-0.25, -0.2) is 8.42 Å². The summed E-state index contributed by atoms with van der Waals surface area (Å²) in [5.41, 5.74) is 2.80. The van der Waals surface area contributed by atoms with Gasteiger partial charge in [0.2, 0.25) is 11.8 Å². The number of halogens is 2. The van der Waals surface area contributed by atoms with Crippen molar-refractivity contribution in [2.24, 2.45) is 0 Å². The molecule has 4 aromatic rings. The summed E-state index contributed by atoms with van der Waals surface area (Å²) in [6, 6.07) is 26.7. The molecule has 0 spiro atoms. The van der Waals surface area contributed by atoms with E-state index in [1.54, 1.807) is 54.6 Å². The Kier molecular flexibility index (Phi) is 11.2. The van der Waals surface area contributed by atoms with Crippen molar-refractivity contribution in [2.45, 2.75) is 64.1 Å². The second-order valence-electron chi connectivity index (χ2n) is 12.3. The van der Waals surface area contributed by atoms with Crippen molar-refractivity contribution in [1.82, 2.24) is 10.2 Å². The molecule has 7 nitrogen and oxygen atoms in total. The van der Waals surface area contributed by atoms with Gasteiger partial charge in [0, 0.05) is 34.1 Å². The summed E-state index contributed by atoms with van der Waals surface area (Å²) >= 11 is 13.2. The molecule has 0 aromatic heterocycles. The fraction of sp³-hybridized carbons (Fsp3) is 0.278. The normalized spacial score (nSPS) is 12.3. The van der Waals surface area contributed by atoms with Crippen molar-refractivity contribution in [3.63, 3.8) is 0 Å². The van der Waals surface area contributed by atoms with Crippen LogP contribution in [-0.2, 0) is 32.6 Å². The maximum atomic E-state index is 14.6. The highest BCUT2D eigenvalue weighted by atomic mass is 35.5. The highest BCUT2D eigenvalue weighted by molar-refractivity contribution is 7.92. The lowest BCUT2D eigenvalue weighted by Crippen LogP contribution is -2.56. The van der Waals surface area contributed by atoms with Gasteiger partial charge >= 0.3 is 0 Å². The number of nitrogens with one attached hydrogen (secondary N) is 1. The fourth-order valence-corrected chi connectivity index (χ4v) is 6.87. The van der Waals surface area contributed by atoms with Crippen LogP contribution in [0.25, 0.3) is 0 Å². The first-order valence-corrected chi connectivity index (χ1v) is 17.1. The van der Waals surface area contributed by atoms with Crippen LogP contribution in [0.3, 0.4) is 0 Å². The molecule has 0 aliphatic carbocycles. The summed E-state index contributed by atoms with van der Waals surface area (Å²) in [7, 11) is -4.20. The molecule has 4 rings (SSSR count). The van der Waals surface area contributed by atoms with Gasteiger partial charge in [-0.05, 0) is 76.6 Å². The van der Waals surface area contributed by atoms with Gasteiger partial charge in [-0.15, -0.1) is 0 Å². The molecule has 4 aromatic carbocycles. The third-order valence-electron chi connectivity index (χ3n) is 7.37. The highest BCUT2D eigenvalue weighted by Crippen LogP contribution is 2.29. The number of anilines is 1. The number of amides is 2. The molecular weight excluding hydrogens is 641 g/mol. The van der Waals surface area contributed by atoms with E-state index in [0.717, 1.165) is 21.0 Å². The summed E-state index contributed by atoms with van der Waals surface area (Å²) in [6.45, 7) is 8.63. The van der Waals surface area contributed by atoms with Gasteiger partial charge in [0.25, 0.3) is 10.0 Å². The third kappa shape index (κ3) is 8.90. The van der Waals surface area contributed by atoms with Crippen LogP contribution in [0.1, 0.15) is 43.0 Å². The van der Waals surface area contributed by atoms with Crippen LogP contribution >= 0.6 is 23.2 Å². The minimum atomic E-state index is -4.20. The number of benzene rings is 4. The Hall–Kier alpha value is -3.85. The van der Waals surface area contributed by atoms with E-state index in [4.69, 9.17) is 23.2 Å². The zero-order valence-electron chi connectivity index (χ0n) is 26.6. The lowest BCUT2D eigenvalue weighted by Gasteiger charge is -2.35. The van der Waals surface area contributed by atoms with Crippen LogP contribution in [0.4, 0.5) is 5.69 Å². The van der Waals surface area contributed by atoms with Gasteiger partial charge < -0.3 is 10.2 Å². The van der Waals surface area contributed by atoms with E-state index in [1.807, 2.05) is 65.0 Å². The van der Waals surface area contributed by atoms with Crippen molar-refractivity contribution in [3.05, 3.63) is 129 Å². The average molecular weight is 681 g/mol. The molecule has 46 heavy (non-hydrogen) atoms. The second kappa shape index (κ2) is 14.7. The smallest absolute Gasteiger partial charge is 0.264 e. The number of sulfonamides is 1. The van der Waals surface area contributed by atoms with Crippen LogP contribution in [0.15, 0.2) is 102 Å². The zero-order valence-corrected chi connectivity index (χ0v) is 29.0. The molecule has 1 atom stereocenters. The molecule has 10 heteroatoms. The van der Waals surface area contributed by atoms with Gasteiger partial charge in [-0.1, -0.05) is 95.0 Å². The SMILES string of the molecule is Cc1ccc(N(CC(=O)N(Cc2c(Cl)cccc2Cl)[C@H](Cc2ccccc2)C(=O)NC(C)(C)C)S(=O)(=O)c2ccc(C)cc2)cc1. The Morgan fingerprint density at radius 1 is 0.783 bits per heavy atom. The van der Waals surface area contributed by atoms with Crippen molar-refractivity contribution in [3.8, 4) is 0 Å². The van der Waals surface area contributed by atoms with Crippen molar-refractivity contribution in [1.29, 1.82) is 0 Å². The largest absolute Gasteiger partial charge is 0.350 e. The molecule has 0 saturated carbocycles. The molecular formula is C36H39Cl2N3O4S. The molecule has 0 saturated heterocycles. The number of hydrogen-bond donors (Lipinski definition) is 1. The molecule has 2 amide bonds. The molecule has 0 unspecified atom stereocenters. The highest BCUT2D eigenvalue weighted by Gasteiger charge is 2.36. The van der Waals surface area contributed by atoms with E-state index < -0.39 is 40.0 Å². The molecule has 0 radical (unpaired) electrons. The number of carbonyl (C=O) groups is 2. The lowest BCUT2D eigenvalue weighted by molar-refractivity contribution is -0.140. The van der Waals surface area contributed by atoms with E-state index in [2.05, 4.69) is 5.32 Å². The van der Waals surface area contributed by atoms with Crippen LogP contribution < -0.4 is 9.62 Å². The lowest BCUT2D eigenvalue weighted by atomic mass is 10.0. The maximum Gasteiger partial charge on any atom is 0.264 e. The second-order valence-corrected chi connectivity index (χ2v) is 15.0. The van der Waals surface area contributed by atoms with Crippen LogP contribution in [0.2, 0.25) is 10.0 Å². The summed E-state index contributed by atoms with van der Waals surface area (Å²) < 4.78 is 29.4. The average Bonchev–Trinajstić information content (AvgIpc) is 2.99. The molecule has 0 aliphatic rings. The Morgan fingerprint density at radius 3 is 1.87 bits per heavy atom. The minimum Gasteiger partial charge on any atom is -0.350 e. The third-order valence-corrected chi connectivity index (χ3v) is 9.87. The van der Waals surface area contributed by atoms with Crippen molar-refractivity contribution in [2.75, 3.05) is 10.8 Å². The quantitative estimate of drug-likeness (QED) is 0.179. The number of nitrogens with zero attached hydrogens (tertiary/aromatic N) is 2. The van der Waals surface area contributed by atoms with E-state index >= 15 is 0 Å². The summed E-state index contributed by atoms with van der Waals surface area (Å²) in [5, 5.41) is 3.66. The number of rotatable bonds is 11. The Bertz CT molecular complexity index is 1750. The molecule has 0 fully saturated rings. The summed E-state index contributed by atoms with van der Waals surface area (Å²) in [5.74, 6) is -0.992. The maximum absolute atomic E-state index is 14.6. The van der Waals surface area contributed by atoms with Gasteiger partial charge in [-0.3, -0.25) is 13.9 Å². The first-order chi connectivity index (χ1) is 21.7. The van der Waals surface area contributed by atoms with Gasteiger partial charge in [0.15, 0.2) is 0 Å². The fourth-order valence-electron chi connectivity index (χ4n) is 4.94. The van der Waals surface area contributed by atoms with E-state index in [1.165, 1.54) is 17.0 Å². The molecule has 0 aliphatic heterocycles. The molecule has 0 bridgehead atoms. The molecule has 1 N–H and O–H groups in total. The van der Waals surface area contributed by atoms with Crippen molar-refractivity contribution < 1.29 is 18.0 Å². The first kappa shape index (κ1) is 35.0. The topological polar surface area (TPSA) is 86.8 Å². The zero-order chi connectivity index (χ0) is 33.6. The Labute approximate surface area is 282 Å². The molecule has 0 heterocycles. The molecule has 242 valence electrons. The van der Waals surface area contributed by atoms with Crippen LogP contribution in [0, 0.1) is 13.8 Å². The number of aryl methyl sites for hydroxylation is 2. The Morgan fingerprint density at radius 2 is 1.33 bits per heavy atom. The number of hydrogen-bond acceptors (Lipinski definition) is 4.